The minimum atomic E-state index is -0.221. The fraction of sp³-hybridized carbons (Fsp3) is 0.789. The molecular weight excluding hydrogens is 332 g/mol. The number of hydrogen-bond donors (Lipinski definition) is 1. The normalized spacial score (nSPS) is 26.8. The molecule has 1 aromatic rings. The van der Waals surface area contributed by atoms with Gasteiger partial charge in [-0.2, -0.15) is 5.10 Å². The van der Waals surface area contributed by atoms with Gasteiger partial charge in [0.1, 0.15) is 0 Å². The number of nitrogens with one attached hydrogen (secondary N) is 1. The van der Waals surface area contributed by atoms with E-state index in [0.29, 0.717) is 19.1 Å². The molecule has 3 rings (SSSR count). The van der Waals surface area contributed by atoms with Crippen molar-refractivity contribution in [3.05, 3.63) is 18.0 Å². The number of likely N-dealkylation sites (tertiary alicyclic amines) is 1. The van der Waals surface area contributed by atoms with Crippen molar-refractivity contribution in [3.8, 4) is 0 Å². The molecule has 1 N–H and O–H groups in total. The maximum Gasteiger partial charge on any atom is 0.223 e. The molecule has 1 aromatic heterocycles. The van der Waals surface area contributed by atoms with Crippen molar-refractivity contribution in [1.82, 2.24) is 20.0 Å². The zero-order valence-corrected chi connectivity index (χ0v) is 16.4. The first-order valence-corrected chi connectivity index (χ1v) is 9.54. The molecule has 0 saturated carbocycles. The smallest absolute Gasteiger partial charge is 0.223 e. The molecule has 0 spiro atoms. The van der Waals surface area contributed by atoms with E-state index in [1.807, 2.05) is 15.8 Å². The van der Waals surface area contributed by atoms with Crippen LogP contribution in [0.4, 0.5) is 0 Å². The third kappa shape index (κ3) is 4.27. The summed E-state index contributed by atoms with van der Waals surface area (Å²) in [6.07, 6.45) is 5.59. The van der Waals surface area contributed by atoms with E-state index in [1.54, 1.807) is 7.11 Å². The minimum Gasteiger partial charge on any atom is -0.383 e. The van der Waals surface area contributed by atoms with E-state index in [0.717, 1.165) is 38.3 Å². The molecule has 7 heteroatoms. The molecule has 3 atom stereocenters. The zero-order chi connectivity index (χ0) is 18.7. The van der Waals surface area contributed by atoms with Gasteiger partial charge in [0, 0.05) is 55.9 Å². The van der Waals surface area contributed by atoms with Gasteiger partial charge in [0.25, 0.3) is 0 Å². The van der Waals surface area contributed by atoms with Gasteiger partial charge in [0.15, 0.2) is 0 Å². The number of hydrogen-bond acceptors (Lipinski definition) is 5. The van der Waals surface area contributed by atoms with Crippen LogP contribution in [-0.4, -0.2) is 65.6 Å². The molecular formula is C19H32N4O3. The Labute approximate surface area is 156 Å². The minimum absolute atomic E-state index is 0.0496. The summed E-state index contributed by atoms with van der Waals surface area (Å²) in [6.45, 7) is 10.1. The van der Waals surface area contributed by atoms with Crippen molar-refractivity contribution in [1.29, 1.82) is 0 Å². The topological polar surface area (TPSA) is 68.6 Å². The predicted octanol–water partition coefficient (Wildman–Crippen LogP) is 1.60. The van der Waals surface area contributed by atoms with Crippen LogP contribution in [0.25, 0.3) is 0 Å². The van der Waals surface area contributed by atoms with Gasteiger partial charge in [-0.1, -0.05) is 0 Å². The predicted molar refractivity (Wildman–Crippen MR) is 98.8 cm³/mol. The molecule has 1 amide bonds. The van der Waals surface area contributed by atoms with E-state index in [2.05, 4.69) is 37.4 Å². The Bertz CT molecular complexity index is 604. The molecule has 2 aliphatic rings. The van der Waals surface area contributed by atoms with E-state index in [-0.39, 0.29) is 23.4 Å². The lowest BCUT2D eigenvalue weighted by molar-refractivity contribution is -0.133. The molecule has 7 nitrogen and oxygen atoms in total. The lowest BCUT2D eigenvalue weighted by atomic mass is 9.93. The highest BCUT2D eigenvalue weighted by Crippen LogP contribution is 2.42. The summed E-state index contributed by atoms with van der Waals surface area (Å²) in [6, 6.07) is 0.451. The van der Waals surface area contributed by atoms with Crippen LogP contribution in [0.2, 0.25) is 0 Å². The molecule has 2 aliphatic heterocycles. The second-order valence-electron chi connectivity index (χ2n) is 8.34. The first kappa shape index (κ1) is 19.3. The summed E-state index contributed by atoms with van der Waals surface area (Å²) in [5, 5.41) is 8.08. The van der Waals surface area contributed by atoms with Crippen molar-refractivity contribution in [2.24, 2.45) is 5.92 Å². The molecule has 0 aromatic carbocycles. The average Bonchev–Trinajstić information content (AvgIpc) is 3.29. The van der Waals surface area contributed by atoms with Gasteiger partial charge < -0.3 is 19.7 Å². The number of rotatable bonds is 7. The van der Waals surface area contributed by atoms with Crippen molar-refractivity contribution in [2.45, 2.75) is 57.8 Å². The van der Waals surface area contributed by atoms with Crippen LogP contribution in [0.5, 0.6) is 0 Å². The summed E-state index contributed by atoms with van der Waals surface area (Å²) >= 11 is 0. The molecule has 146 valence electrons. The summed E-state index contributed by atoms with van der Waals surface area (Å²) in [7, 11) is 1.69. The van der Waals surface area contributed by atoms with Gasteiger partial charge in [-0.25, -0.2) is 0 Å². The number of nitrogens with zero attached hydrogens (tertiary/aromatic N) is 3. The maximum atomic E-state index is 12.8. The van der Waals surface area contributed by atoms with E-state index in [4.69, 9.17) is 9.47 Å². The highest BCUT2D eigenvalue weighted by atomic mass is 16.5. The van der Waals surface area contributed by atoms with E-state index < -0.39 is 0 Å². The second kappa shape index (κ2) is 8.06. The van der Waals surface area contributed by atoms with Crippen LogP contribution >= 0.6 is 0 Å². The summed E-state index contributed by atoms with van der Waals surface area (Å²) in [5.41, 5.74) is 0.887. The van der Waals surface area contributed by atoms with Gasteiger partial charge in [0.05, 0.1) is 32.0 Å². The summed E-state index contributed by atoms with van der Waals surface area (Å²) in [5.74, 6) is 0.462. The van der Waals surface area contributed by atoms with Crippen LogP contribution in [0, 0.1) is 5.92 Å². The number of aromatic nitrogens is 2. The first-order chi connectivity index (χ1) is 12.4. The number of carbonyl (C=O) groups excluding carboxylic acids is 1. The van der Waals surface area contributed by atoms with Crippen molar-refractivity contribution < 1.29 is 14.3 Å². The Morgan fingerprint density at radius 3 is 2.88 bits per heavy atom. The van der Waals surface area contributed by atoms with E-state index >= 15 is 0 Å². The monoisotopic (exact) mass is 364 g/mol. The van der Waals surface area contributed by atoms with Crippen molar-refractivity contribution in [2.75, 3.05) is 33.5 Å². The van der Waals surface area contributed by atoms with Crippen LogP contribution in [0.3, 0.4) is 0 Å². The number of carbonyl (C=O) groups is 1. The zero-order valence-electron chi connectivity index (χ0n) is 16.4. The Morgan fingerprint density at radius 1 is 1.42 bits per heavy atom. The van der Waals surface area contributed by atoms with E-state index in [9.17, 15) is 4.79 Å². The van der Waals surface area contributed by atoms with Crippen LogP contribution < -0.4 is 5.32 Å². The first-order valence-electron chi connectivity index (χ1n) is 9.54. The maximum absolute atomic E-state index is 12.8. The Kier molecular flexibility index (Phi) is 5.99. The third-order valence-electron chi connectivity index (χ3n) is 5.27. The number of ether oxygens (including phenoxy) is 2. The largest absolute Gasteiger partial charge is 0.383 e. The molecule has 0 aliphatic carbocycles. The highest BCUT2D eigenvalue weighted by molar-refractivity contribution is 5.80. The standard InChI is InChI=1S/C19H32N4O3/c1-19(2,3)23-17(24)9-14(10-20-16-5-7-26-13-16)18(23)15-11-21-22(12-15)6-8-25-4/h11-12,14,16,18,20H,5-10,13H2,1-4H3/t14-,16?,18+/m0/s1. The van der Waals surface area contributed by atoms with Crippen LogP contribution in [0.15, 0.2) is 12.4 Å². The highest BCUT2D eigenvalue weighted by Gasteiger charge is 2.45. The van der Waals surface area contributed by atoms with E-state index in [1.165, 1.54) is 0 Å². The molecule has 0 radical (unpaired) electrons. The average molecular weight is 364 g/mol. The van der Waals surface area contributed by atoms with Gasteiger partial charge >= 0.3 is 0 Å². The quantitative estimate of drug-likeness (QED) is 0.796. The molecule has 0 bridgehead atoms. The Balaban J connectivity index is 1.78. The van der Waals surface area contributed by atoms with Crippen molar-refractivity contribution >= 4 is 5.91 Å². The van der Waals surface area contributed by atoms with Gasteiger partial charge in [-0.15, -0.1) is 0 Å². The Morgan fingerprint density at radius 2 is 2.23 bits per heavy atom. The fourth-order valence-corrected chi connectivity index (χ4v) is 4.05. The molecule has 3 heterocycles. The SMILES string of the molecule is COCCn1cc([C@H]2[C@H](CNC3CCOC3)CC(=O)N2C(C)(C)C)cn1. The number of methoxy groups -OCH3 is 1. The third-order valence-corrected chi connectivity index (χ3v) is 5.27. The van der Waals surface area contributed by atoms with Gasteiger partial charge in [-0.3, -0.25) is 9.48 Å². The van der Waals surface area contributed by atoms with Gasteiger partial charge in [0.2, 0.25) is 5.91 Å². The second-order valence-corrected chi connectivity index (χ2v) is 8.34. The molecule has 1 unspecified atom stereocenters. The molecule has 2 saturated heterocycles. The Hall–Kier alpha value is -1.44. The van der Waals surface area contributed by atoms with Crippen LogP contribution in [-0.2, 0) is 20.8 Å². The summed E-state index contributed by atoms with van der Waals surface area (Å²) < 4.78 is 12.5. The lowest BCUT2D eigenvalue weighted by Crippen LogP contribution is -2.45. The van der Waals surface area contributed by atoms with Crippen molar-refractivity contribution in [3.63, 3.8) is 0 Å². The lowest BCUT2D eigenvalue weighted by Gasteiger charge is -2.38. The molecule has 2 fully saturated rings. The molecule has 26 heavy (non-hydrogen) atoms. The summed E-state index contributed by atoms with van der Waals surface area (Å²) in [4.78, 5) is 14.9. The number of amides is 1. The fourth-order valence-electron chi connectivity index (χ4n) is 4.05. The van der Waals surface area contributed by atoms with Gasteiger partial charge in [-0.05, 0) is 27.2 Å². The van der Waals surface area contributed by atoms with Crippen LogP contribution in [0.1, 0.15) is 45.2 Å².